The van der Waals surface area contributed by atoms with E-state index in [9.17, 15) is 9.59 Å². The van der Waals surface area contributed by atoms with Crippen molar-refractivity contribution in [3.8, 4) is 0 Å². The summed E-state index contributed by atoms with van der Waals surface area (Å²) in [5, 5.41) is 3.20. The van der Waals surface area contributed by atoms with Crippen LogP contribution in [0.25, 0.3) is 0 Å². The highest BCUT2D eigenvalue weighted by Gasteiger charge is 2.26. The van der Waals surface area contributed by atoms with Crippen LogP contribution in [0, 0.1) is 10.8 Å². The first-order chi connectivity index (χ1) is 22.9. The Morgan fingerprint density at radius 1 is 0.583 bits per heavy atom. The topological polar surface area (TPSA) is 58.6 Å². The lowest BCUT2D eigenvalue weighted by atomic mass is 9.81. The van der Waals surface area contributed by atoms with Crippen LogP contribution in [0.15, 0.2) is 0 Å². The van der Waals surface area contributed by atoms with E-state index in [0.29, 0.717) is 11.8 Å². The van der Waals surface area contributed by atoms with Gasteiger partial charge < -0.3 is 15.0 Å². The summed E-state index contributed by atoms with van der Waals surface area (Å²) in [6, 6.07) is 0. The lowest BCUT2D eigenvalue weighted by molar-refractivity contribution is -0.150. The molecule has 286 valence electrons. The minimum Gasteiger partial charge on any atom is -0.462 e. The van der Waals surface area contributed by atoms with Crippen LogP contribution in [-0.4, -0.2) is 50.1 Å². The van der Waals surface area contributed by atoms with Gasteiger partial charge in [0.05, 0.1) is 6.42 Å². The third-order valence-electron chi connectivity index (χ3n) is 10.4. The minimum absolute atomic E-state index is 0.0213. The molecule has 1 unspecified atom stereocenters. The van der Waals surface area contributed by atoms with Gasteiger partial charge in [0.1, 0.15) is 6.10 Å². The number of nitrogens with zero attached hydrogens (tertiary/aromatic N) is 1. The molecule has 0 bridgehead atoms. The molecule has 0 rings (SSSR count). The summed E-state index contributed by atoms with van der Waals surface area (Å²) >= 11 is 0. The molecule has 0 heterocycles. The minimum atomic E-state index is -0.333. The Bertz CT molecular complexity index is 748. The van der Waals surface area contributed by atoms with E-state index in [4.69, 9.17) is 4.74 Å². The average Bonchev–Trinajstić information content (AvgIpc) is 3.03. The van der Waals surface area contributed by atoms with Gasteiger partial charge in [-0.1, -0.05) is 164 Å². The number of carbonyl (C=O) groups excluding carboxylic acids is 2. The predicted octanol–water partition coefficient (Wildman–Crippen LogP) is 12.6. The van der Waals surface area contributed by atoms with Gasteiger partial charge >= 0.3 is 5.97 Å². The van der Waals surface area contributed by atoms with Crippen LogP contribution in [-0.2, 0) is 14.3 Å². The molecule has 0 aromatic carbocycles. The van der Waals surface area contributed by atoms with Crippen molar-refractivity contribution in [3.05, 3.63) is 0 Å². The molecule has 5 heteroatoms. The molecule has 0 fully saturated rings. The van der Waals surface area contributed by atoms with Gasteiger partial charge in [-0.3, -0.25) is 9.59 Å². The van der Waals surface area contributed by atoms with Crippen molar-refractivity contribution in [2.24, 2.45) is 10.8 Å². The van der Waals surface area contributed by atoms with Crippen LogP contribution in [0.1, 0.15) is 221 Å². The maximum Gasteiger partial charge on any atom is 0.307 e. The van der Waals surface area contributed by atoms with Crippen molar-refractivity contribution in [3.63, 3.8) is 0 Å². The van der Waals surface area contributed by atoms with Gasteiger partial charge in [0.2, 0.25) is 5.91 Å². The number of rotatable bonds is 35. The van der Waals surface area contributed by atoms with Crippen molar-refractivity contribution in [1.29, 1.82) is 0 Å². The normalized spacial score (nSPS) is 12.9. The second-order valence-electron chi connectivity index (χ2n) is 16.9. The fraction of sp³-hybridized carbons (Fsp3) is 0.953. The first-order valence-corrected chi connectivity index (χ1v) is 21.1. The fourth-order valence-corrected chi connectivity index (χ4v) is 6.77. The van der Waals surface area contributed by atoms with Crippen LogP contribution in [0.2, 0.25) is 0 Å². The highest BCUT2D eigenvalue weighted by Crippen LogP contribution is 2.31. The van der Waals surface area contributed by atoms with E-state index < -0.39 is 0 Å². The zero-order chi connectivity index (χ0) is 35.9. The van der Waals surface area contributed by atoms with E-state index >= 15 is 0 Å². The van der Waals surface area contributed by atoms with Crippen molar-refractivity contribution < 1.29 is 14.3 Å². The Morgan fingerprint density at radius 3 is 1.48 bits per heavy atom. The maximum absolute atomic E-state index is 12.9. The van der Waals surface area contributed by atoms with E-state index in [0.717, 1.165) is 64.5 Å². The molecule has 0 aromatic rings. The summed E-state index contributed by atoms with van der Waals surface area (Å²) in [6.07, 6.45) is 34.1. The highest BCUT2D eigenvalue weighted by atomic mass is 16.5. The molecule has 1 N–H and O–H groups in total. The molecule has 5 nitrogen and oxygen atoms in total. The van der Waals surface area contributed by atoms with Crippen molar-refractivity contribution in [2.75, 3.05) is 27.2 Å². The number of unbranched alkanes of at least 4 members (excludes halogenated alkanes) is 18. The standard InChI is InChI=1S/C43H86N2O3/c1-9-11-13-15-17-19-21-27-34-42(3,4)35-28-23-25-31-39(48-40(46)33-38-45(7)8)32-26-24-29-36-43(5,6)41(47)44-37-30-22-20-18-16-14-12-10-2/h39H,9-38H2,1-8H3,(H,44,47). The fourth-order valence-electron chi connectivity index (χ4n) is 6.77. The zero-order valence-electron chi connectivity index (χ0n) is 34.0. The molecule has 0 radical (unpaired) electrons. The molecule has 0 saturated heterocycles. The first kappa shape index (κ1) is 46.9. The molecule has 48 heavy (non-hydrogen) atoms. The molecular weight excluding hydrogens is 592 g/mol. The van der Waals surface area contributed by atoms with E-state index in [2.05, 4.69) is 46.9 Å². The molecule has 0 aromatic heterocycles. The van der Waals surface area contributed by atoms with Crippen LogP contribution < -0.4 is 5.32 Å². The number of esters is 1. The Kier molecular flexibility index (Phi) is 30.0. The third kappa shape index (κ3) is 29.8. The summed E-state index contributed by atoms with van der Waals surface area (Å²) in [4.78, 5) is 27.5. The van der Waals surface area contributed by atoms with Crippen molar-refractivity contribution >= 4 is 11.9 Å². The van der Waals surface area contributed by atoms with Gasteiger partial charge in [-0.15, -0.1) is 0 Å². The number of ether oxygens (including phenoxy) is 1. The van der Waals surface area contributed by atoms with E-state index in [1.165, 1.54) is 122 Å². The van der Waals surface area contributed by atoms with Gasteiger partial charge in [-0.25, -0.2) is 0 Å². The predicted molar refractivity (Wildman–Crippen MR) is 210 cm³/mol. The van der Waals surface area contributed by atoms with E-state index in [1.54, 1.807) is 0 Å². The number of hydrogen-bond donors (Lipinski definition) is 1. The monoisotopic (exact) mass is 679 g/mol. The van der Waals surface area contributed by atoms with Crippen LogP contribution in [0.4, 0.5) is 0 Å². The quantitative estimate of drug-likeness (QED) is 0.0535. The third-order valence-corrected chi connectivity index (χ3v) is 10.4. The van der Waals surface area contributed by atoms with Gasteiger partial charge in [0, 0.05) is 18.5 Å². The molecule has 0 spiro atoms. The largest absolute Gasteiger partial charge is 0.462 e. The Labute approximate surface area is 301 Å². The SMILES string of the molecule is CCCCCCCCCCNC(=O)C(C)(C)CCCCCC(CCCCCC(C)(C)CCCCCCCCCC)OC(=O)CCN(C)C. The van der Waals surface area contributed by atoms with Crippen molar-refractivity contribution in [1.82, 2.24) is 10.2 Å². The number of carbonyl (C=O) groups is 2. The molecule has 0 aliphatic carbocycles. The summed E-state index contributed by atoms with van der Waals surface area (Å²) < 4.78 is 6.01. The Morgan fingerprint density at radius 2 is 1.00 bits per heavy atom. The lowest BCUT2D eigenvalue weighted by Gasteiger charge is -2.25. The maximum atomic E-state index is 12.9. The molecule has 0 saturated carbocycles. The summed E-state index contributed by atoms with van der Waals surface area (Å²) in [5.41, 5.74) is 0.0959. The summed E-state index contributed by atoms with van der Waals surface area (Å²) in [5.74, 6) is 0.133. The highest BCUT2D eigenvalue weighted by molar-refractivity contribution is 5.81. The molecular formula is C43H86N2O3. The molecule has 1 atom stereocenters. The van der Waals surface area contributed by atoms with Crippen LogP contribution in [0.3, 0.4) is 0 Å². The van der Waals surface area contributed by atoms with Gasteiger partial charge in [0.25, 0.3) is 0 Å². The zero-order valence-corrected chi connectivity index (χ0v) is 34.0. The lowest BCUT2D eigenvalue weighted by Crippen LogP contribution is -2.37. The molecule has 0 aliphatic rings. The van der Waals surface area contributed by atoms with Crippen LogP contribution in [0.5, 0.6) is 0 Å². The summed E-state index contributed by atoms with van der Waals surface area (Å²) in [7, 11) is 4.00. The van der Waals surface area contributed by atoms with E-state index in [1.807, 2.05) is 19.0 Å². The van der Waals surface area contributed by atoms with Crippen molar-refractivity contribution in [2.45, 2.75) is 227 Å². The second-order valence-corrected chi connectivity index (χ2v) is 16.9. The molecule has 0 aliphatic heterocycles. The Balaban J connectivity index is 4.36. The van der Waals surface area contributed by atoms with Gasteiger partial charge in [-0.05, 0) is 70.9 Å². The number of amides is 1. The first-order valence-electron chi connectivity index (χ1n) is 21.1. The number of hydrogen-bond acceptors (Lipinski definition) is 4. The van der Waals surface area contributed by atoms with Gasteiger partial charge in [-0.2, -0.15) is 0 Å². The van der Waals surface area contributed by atoms with Crippen LogP contribution >= 0.6 is 0 Å². The van der Waals surface area contributed by atoms with Gasteiger partial charge in [0.15, 0.2) is 0 Å². The smallest absolute Gasteiger partial charge is 0.307 e. The number of nitrogens with one attached hydrogen (secondary N) is 1. The Hall–Kier alpha value is -1.10. The average molecular weight is 679 g/mol. The summed E-state index contributed by atoms with van der Waals surface area (Å²) in [6.45, 7) is 15.2. The second kappa shape index (κ2) is 30.7. The molecule has 1 amide bonds. The van der Waals surface area contributed by atoms with E-state index in [-0.39, 0.29) is 23.4 Å².